The van der Waals surface area contributed by atoms with Crippen LogP contribution in [0, 0.1) is 5.92 Å². The van der Waals surface area contributed by atoms with Gasteiger partial charge in [-0.25, -0.2) is 4.98 Å². The number of hydrogen-bond acceptors (Lipinski definition) is 3. The molecule has 2 heterocycles. The summed E-state index contributed by atoms with van der Waals surface area (Å²) in [5.74, 6) is 0.867. The van der Waals surface area contributed by atoms with Crippen molar-refractivity contribution in [3.8, 4) is 0 Å². The Bertz CT molecular complexity index is 497. The quantitative estimate of drug-likeness (QED) is 0.801. The number of likely N-dealkylation sites (tertiary alicyclic amines) is 1. The predicted molar refractivity (Wildman–Crippen MR) is 83.8 cm³/mol. The van der Waals surface area contributed by atoms with E-state index < -0.39 is 0 Å². The molecule has 21 heavy (non-hydrogen) atoms. The van der Waals surface area contributed by atoms with Crippen LogP contribution in [0.5, 0.6) is 0 Å². The number of carbonyl (C=O) groups excluding carboxylic acids is 1. The highest BCUT2D eigenvalue weighted by Crippen LogP contribution is 2.22. The third kappa shape index (κ3) is 4.17. The summed E-state index contributed by atoms with van der Waals surface area (Å²) in [5, 5.41) is 0.388. The molecule has 1 aliphatic heterocycles. The number of ether oxygens (including phenoxy) is 1. The Kier molecular flexibility index (Phi) is 5.59. The lowest BCUT2D eigenvalue weighted by molar-refractivity contribution is 0.0613. The molecule has 116 valence electrons. The highest BCUT2D eigenvalue weighted by Gasteiger charge is 2.24. The molecule has 1 aromatic heterocycles. The number of hydrogen-bond donors (Lipinski definition) is 0. The van der Waals surface area contributed by atoms with E-state index in [2.05, 4.69) is 4.98 Å². The van der Waals surface area contributed by atoms with E-state index in [9.17, 15) is 4.79 Å². The molecular weight excluding hydrogens is 288 g/mol. The van der Waals surface area contributed by atoms with Crippen LogP contribution in [0.1, 0.15) is 48.7 Å². The molecule has 4 nitrogen and oxygen atoms in total. The second kappa shape index (κ2) is 7.23. The Hall–Kier alpha value is -1.13. The largest absolute Gasteiger partial charge is 0.384 e. The van der Waals surface area contributed by atoms with Gasteiger partial charge in [0.05, 0.1) is 0 Å². The van der Waals surface area contributed by atoms with Crippen LogP contribution in [-0.4, -0.2) is 42.6 Å². The molecule has 5 heteroatoms. The van der Waals surface area contributed by atoms with Gasteiger partial charge in [0.1, 0.15) is 5.15 Å². The molecule has 2 rings (SSSR count). The monoisotopic (exact) mass is 310 g/mol. The minimum absolute atomic E-state index is 0.0528. The van der Waals surface area contributed by atoms with Crippen LogP contribution in [0.2, 0.25) is 5.15 Å². The Morgan fingerprint density at radius 2 is 2.10 bits per heavy atom. The van der Waals surface area contributed by atoms with Crippen LogP contribution < -0.4 is 0 Å². The Balaban J connectivity index is 2.07. The first-order valence-corrected chi connectivity index (χ1v) is 7.84. The molecule has 1 amide bonds. The van der Waals surface area contributed by atoms with Gasteiger partial charge in [0, 0.05) is 38.1 Å². The van der Waals surface area contributed by atoms with Gasteiger partial charge < -0.3 is 9.64 Å². The summed E-state index contributed by atoms with van der Waals surface area (Å²) in [7, 11) is 1.73. The smallest absolute Gasteiger partial charge is 0.254 e. The first-order chi connectivity index (χ1) is 10.0. The van der Waals surface area contributed by atoms with Crippen LogP contribution in [0.25, 0.3) is 0 Å². The SMILES string of the molecule is COCC1CCN(C(=O)c2cc(Cl)nc(C(C)C)c2)CC1. The molecule has 0 spiro atoms. The van der Waals surface area contributed by atoms with Gasteiger partial charge in [-0.2, -0.15) is 0 Å². The zero-order chi connectivity index (χ0) is 15.4. The molecule has 0 unspecified atom stereocenters. The summed E-state index contributed by atoms with van der Waals surface area (Å²) >= 11 is 6.04. The molecule has 0 N–H and O–H groups in total. The number of aromatic nitrogens is 1. The van der Waals surface area contributed by atoms with E-state index in [1.54, 1.807) is 13.2 Å². The van der Waals surface area contributed by atoms with Crippen molar-refractivity contribution >= 4 is 17.5 Å². The summed E-state index contributed by atoms with van der Waals surface area (Å²) in [6.07, 6.45) is 1.99. The van der Waals surface area contributed by atoms with Gasteiger partial charge in [-0.3, -0.25) is 4.79 Å². The van der Waals surface area contributed by atoms with Gasteiger partial charge in [-0.05, 0) is 36.8 Å². The van der Waals surface area contributed by atoms with Crippen molar-refractivity contribution < 1.29 is 9.53 Å². The van der Waals surface area contributed by atoms with Gasteiger partial charge in [-0.15, -0.1) is 0 Å². The van der Waals surface area contributed by atoms with Crippen molar-refractivity contribution in [2.45, 2.75) is 32.6 Å². The van der Waals surface area contributed by atoms with E-state index in [1.165, 1.54) is 0 Å². The normalized spacial score (nSPS) is 16.5. The fraction of sp³-hybridized carbons (Fsp3) is 0.625. The molecule has 0 bridgehead atoms. The summed E-state index contributed by atoms with van der Waals surface area (Å²) in [6, 6.07) is 3.52. The van der Waals surface area contributed by atoms with Gasteiger partial charge in [0.15, 0.2) is 0 Å². The lowest BCUT2D eigenvalue weighted by Crippen LogP contribution is -2.39. The van der Waals surface area contributed by atoms with Gasteiger partial charge in [-0.1, -0.05) is 25.4 Å². The van der Waals surface area contributed by atoms with Crippen molar-refractivity contribution in [3.63, 3.8) is 0 Å². The van der Waals surface area contributed by atoms with E-state index in [-0.39, 0.29) is 11.8 Å². The minimum Gasteiger partial charge on any atom is -0.384 e. The molecule has 1 aromatic rings. The van der Waals surface area contributed by atoms with E-state index in [1.807, 2.05) is 24.8 Å². The lowest BCUT2D eigenvalue weighted by atomic mass is 9.97. The highest BCUT2D eigenvalue weighted by molar-refractivity contribution is 6.29. The molecule has 0 radical (unpaired) electrons. The number of piperidine rings is 1. The number of halogens is 1. The summed E-state index contributed by atoms with van der Waals surface area (Å²) in [5.41, 5.74) is 1.50. The van der Waals surface area contributed by atoms with Crippen molar-refractivity contribution in [1.82, 2.24) is 9.88 Å². The molecule has 1 aliphatic rings. The highest BCUT2D eigenvalue weighted by atomic mass is 35.5. The summed E-state index contributed by atoms with van der Waals surface area (Å²) in [4.78, 5) is 18.8. The first kappa shape index (κ1) is 16.2. The van der Waals surface area contributed by atoms with Crippen molar-refractivity contribution in [3.05, 3.63) is 28.5 Å². The maximum atomic E-state index is 12.6. The molecule has 1 fully saturated rings. The molecule has 1 saturated heterocycles. The molecule has 0 atom stereocenters. The van der Waals surface area contributed by atoms with Crippen LogP contribution in [0.3, 0.4) is 0 Å². The second-order valence-electron chi connectivity index (χ2n) is 5.95. The molecule has 0 saturated carbocycles. The van der Waals surface area contributed by atoms with E-state index in [0.29, 0.717) is 16.6 Å². The fourth-order valence-corrected chi connectivity index (χ4v) is 2.87. The van der Waals surface area contributed by atoms with E-state index in [4.69, 9.17) is 16.3 Å². The second-order valence-corrected chi connectivity index (χ2v) is 6.34. The third-order valence-corrected chi connectivity index (χ3v) is 4.15. The average Bonchev–Trinajstić information content (AvgIpc) is 2.47. The van der Waals surface area contributed by atoms with Crippen molar-refractivity contribution in [2.75, 3.05) is 26.8 Å². The molecule has 0 aliphatic carbocycles. The minimum atomic E-state index is 0.0528. The number of carbonyl (C=O) groups is 1. The zero-order valence-electron chi connectivity index (χ0n) is 12.9. The maximum Gasteiger partial charge on any atom is 0.254 e. The van der Waals surface area contributed by atoms with Crippen LogP contribution in [0.4, 0.5) is 0 Å². The fourth-order valence-electron chi connectivity index (χ4n) is 2.66. The van der Waals surface area contributed by atoms with Crippen LogP contribution >= 0.6 is 11.6 Å². The average molecular weight is 311 g/mol. The number of nitrogens with zero attached hydrogens (tertiary/aromatic N) is 2. The number of methoxy groups -OCH3 is 1. The van der Waals surface area contributed by atoms with Crippen LogP contribution in [-0.2, 0) is 4.74 Å². The predicted octanol–water partition coefficient (Wildman–Crippen LogP) is 3.36. The maximum absolute atomic E-state index is 12.6. The standard InChI is InChI=1S/C16H23ClN2O2/c1-11(2)14-8-13(9-15(17)18-14)16(20)19-6-4-12(5-7-19)10-21-3/h8-9,11-12H,4-7,10H2,1-3H3. The number of amides is 1. The number of rotatable bonds is 4. The Labute approximate surface area is 131 Å². The van der Waals surface area contributed by atoms with Gasteiger partial charge in [0.2, 0.25) is 0 Å². The van der Waals surface area contributed by atoms with Gasteiger partial charge in [0.25, 0.3) is 5.91 Å². The van der Waals surface area contributed by atoms with Crippen LogP contribution in [0.15, 0.2) is 12.1 Å². The third-order valence-electron chi connectivity index (χ3n) is 3.96. The zero-order valence-corrected chi connectivity index (χ0v) is 13.7. The summed E-state index contributed by atoms with van der Waals surface area (Å²) in [6.45, 7) is 6.43. The first-order valence-electron chi connectivity index (χ1n) is 7.47. The van der Waals surface area contributed by atoms with Crippen molar-refractivity contribution in [1.29, 1.82) is 0 Å². The van der Waals surface area contributed by atoms with Crippen molar-refractivity contribution in [2.24, 2.45) is 5.92 Å². The lowest BCUT2D eigenvalue weighted by Gasteiger charge is -2.31. The summed E-state index contributed by atoms with van der Waals surface area (Å²) < 4.78 is 5.19. The Morgan fingerprint density at radius 1 is 1.43 bits per heavy atom. The molecular formula is C16H23ClN2O2. The number of pyridine rings is 1. The van der Waals surface area contributed by atoms with Gasteiger partial charge >= 0.3 is 0 Å². The Morgan fingerprint density at radius 3 is 2.67 bits per heavy atom. The molecule has 0 aromatic carbocycles. The topological polar surface area (TPSA) is 42.4 Å². The van der Waals surface area contributed by atoms with E-state index >= 15 is 0 Å². The van der Waals surface area contributed by atoms with E-state index in [0.717, 1.165) is 38.2 Å².